The molecule has 0 aromatic rings. The summed E-state index contributed by atoms with van der Waals surface area (Å²) >= 11 is 0. The highest BCUT2D eigenvalue weighted by atomic mass is 16.5. The van der Waals surface area contributed by atoms with Crippen LogP contribution >= 0.6 is 0 Å². The number of carbonyl (C=O) groups is 2. The number of aliphatic hydroxyl groups excluding tert-OH is 2. The van der Waals surface area contributed by atoms with E-state index in [1.807, 2.05) is 0 Å². The molecule has 0 aromatic heterocycles. The van der Waals surface area contributed by atoms with Crippen LogP contribution in [0, 0.1) is 0 Å². The summed E-state index contributed by atoms with van der Waals surface area (Å²) in [4.78, 5) is 24.6. The van der Waals surface area contributed by atoms with Crippen LogP contribution < -0.4 is 5.32 Å². The summed E-state index contributed by atoms with van der Waals surface area (Å²) in [7, 11) is 0. The van der Waals surface area contributed by atoms with Crippen molar-refractivity contribution in [2.45, 2.75) is 379 Å². The molecule has 0 rings (SSSR count). The zero-order chi connectivity index (χ0) is 51.4. The van der Waals surface area contributed by atoms with Crippen molar-refractivity contribution < 1.29 is 24.5 Å². The summed E-state index contributed by atoms with van der Waals surface area (Å²) in [5.41, 5.74) is 0. The van der Waals surface area contributed by atoms with Gasteiger partial charge in [0.15, 0.2) is 0 Å². The molecule has 2 unspecified atom stereocenters. The number of nitrogens with one attached hydrogen (secondary N) is 1. The van der Waals surface area contributed by atoms with Crippen molar-refractivity contribution in [3.63, 3.8) is 0 Å². The van der Waals surface area contributed by atoms with Crippen LogP contribution in [0.25, 0.3) is 0 Å². The fraction of sp³-hybridized carbons (Fsp3) is 0.938. The predicted molar refractivity (Wildman–Crippen MR) is 310 cm³/mol. The molecular weight excluding hydrogens is 875 g/mol. The van der Waals surface area contributed by atoms with Crippen molar-refractivity contribution in [1.29, 1.82) is 0 Å². The van der Waals surface area contributed by atoms with Gasteiger partial charge in [-0.25, -0.2) is 0 Å². The zero-order valence-corrected chi connectivity index (χ0v) is 48.2. The first-order valence-electron chi connectivity index (χ1n) is 32.4. The minimum atomic E-state index is -0.671. The molecule has 0 spiro atoms. The first-order chi connectivity index (χ1) is 35.0. The summed E-state index contributed by atoms with van der Waals surface area (Å²) < 4.78 is 5.48. The Kier molecular flexibility index (Phi) is 59.9. The molecule has 0 aliphatic rings. The third-order valence-electron chi connectivity index (χ3n) is 15.3. The van der Waals surface area contributed by atoms with Crippen molar-refractivity contribution >= 4 is 11.9 Å². The second-order valence-electron chi connectivity index (χ2n) is 22.5. The highest BCUT2D eigenvalue weighted by molar-refractivity contribution is 5.76. The van der Waals surface area contributed by atoms with Gasteiger partial charge in [0.05, 0.1) is 25.4 Å². The number of amides is 1. The Bertz CT molecular complexity index is 1060. The standard InChI is InChI=1S/C65H127NO5/c1-3-5-7-9-11-13-15-17-19-20-21-22-24-27-30-33-37-41-45-49-53-57-63(68)62(61-67)66-64(69)58-54-50-46-42-38-34-31-28-25-23-26-29-32-36-40-44-48-52-56-60-71-65(70)59-55-51-47-43-39-35-18-16-14-12-10-8-6-4-2/h23,25,62-63,67-68H,3-22,24,26-61H2,1-2H3,(H,66,69)/b25-23-. The quantitative estimate of drug-likeness (QED) is 0.0320. The Balaban J connectivity index is 3.43. The molecule has 0 bridgehead atoms. The van der Waals surface area contributed by atoms with Gasteiger partial charge >= 0.3 is 5.97 Å². The molecule has 1 amide bonds. The summed E-state index contributed by atoms with van der Waals surface area (Å²) in [6.45, 7) is 4.98. The summed E-state index contributed by atoms with van der Waals surface area (Å²) in [5.74, 6) is -0.0331. The molecule has 0 aromatic carbocycles. The van der Waals surface area contributed by atoms with Crippen LogP contribution in [0.4, 0.5) is 0 Å². The topological polar surface area (TPSA) is 95.9 Å². The van der Waals surface area contributed by atoms with Crippen molar-refractivity contribution in [3.05, 3.63) is 12.2 Å². The molecule has 0 saturated heterocycles. The SMILES string of the molecule is CCCCCCCCCCCCCCCCCCCCCCCC(O)C(CO)NC(=O)CCCCCCCCC/C=C\CCCCCCCCCCOC(=O)CCCCCCCCCCCCCCCC. The van der Waals surface area contributed by atoms with E-state index in [1.54, 1.807) is 0 Å². The molecule has 71 heavy (non-hydrogen) atoms. The Morgan fingerprint density at radius 2 is 0.662 bits per heavy atom. The Labute approximate surface area is 444 Å². The average Bonchev–Trinajstić information content (AvgIpc) is 3.37. The van der Waals surface area contributed by atoms with Gasteiger partial charge in [0.25, 0.3) is 0 Å². The maximum atomic E-state index is 12.5. The van der Waals surface area contributed by atoms with Crippen LogP contribution in [0.5, 0.6) is 0 Å². The minimum Gasteiger partial charge on any atom is -0.466 e. The van der Waals surface area contributed by atoms with E-state index in [4.69, 9.17) is 4.74 Å². The summed E-state index contributed by atoms with van der Waals surface area (Å²) in [6.07, 6.45) is 73.7. The molecule has 0 aliphatic carbocycles. The van der Waals surface area contributed by atoms with Gasteiger partial charge in [-0.15, -0.1) is 0 Å². The molecule has 2 atom stereocenters. The second-order valence-corrected chi connectivity index (χ2v) is 22.5. The van der Waals surface area contributed by atoms with E-state index in [9.17, 15) is 19.8 Å². The summed E-state index contributed by atoms with van der Waals surface area (Å²) in [6, 6.07) is -0.549. The maximum Gasteiger partial charge on any atom is 0.305 e. The molecule has 3 N–H and O–H groups in total. The molecule has 0 saturated carbocycles. The van der Waals surface area contributed by atoms with Gasteiger partial charge in [-0.3, -0.25) is 9.59 Å². The number of aliphatic hydroxyl groups is 2. The lowest BCUT2D eigenvalue weighted by Gasteiger charge is -2.22. The largest absolute Gasteiger partial charge is 0.466 e. The fourth-order valence-electron chi connectivity index (χ4n) is 10.3. The first-order valence-corrected chi connectivity index (χ1v) is 32.4. The van der Waals surface area contributed by atoms with E-state index in [0.29, 0.717) is 25.9 Å². The van der Waals surface area contributed by atoms with Crippen LogP contribution in [0.1, 0.15) is 367 Å². The highest BCUT2D eigenvalue weighted by Gasteiger charge is 2.20. The van der Waals surface area contributed by atoms with Crippen molar-refractivity contribution in [1.82, 2.24) is 5.32 Å². The van der Waals surface area contributed by atoms with Gasteiger partial charge in [-0.05, 0) is 51.4 Å². The van der Waals surface area contributed by atoms with E-state index in [2.05, 4.69) is 31.3 Å². The van der Waals surface area contributed by atoms with Gasteiger partial charge in [0.2, 0.25) is 5.91 Å². The van der Waals surface area contributed by atoms with Crippen LogP contribution in [0.3, 0.4) is 0 Å². The molecule has 0 fully saturated rings. The molecular formula is C65H127NO5. The first kappa shape index (κ1) is 69.6. The second kappa shape index (κ2) is 61.1. The van der Waals surface area contributed by atoms with E-state index in [1.165, 1.54) is 295 Å². The number of esters is 1. The molecule has 0 heterocycles. The van der Waals surface area contributed by atoms with Gasteiger partial charge < -0.3 is 20.3 Å². The van der Waals surface area contributed by atoms with Gasteiger partial charge in [-0.1, -0.05) is 315 Å². The summed E-state index contributed by atoms with van der Waals surface area (Å²) in [5, 5.41) is 23.4. The van der Waals surface area contributed by atoms with Crippen LogP contribution in [0.15, 0.2) is 12.2 Å². The van der Waals surface area contributed by atoms with E-state index in [0.717, 1.165) is 38.5 Å². The van der Waals surface area contributed by atoms with Crippen LogP contribution in [-0.2, 0) is 14.3 Å². The normalized spacial score (nSPS) is 12.6. The van der Waals surface area contributed by atoms with E-state index < -0.39 is 12.1 Å². The van der Waals surface area contributed by atoms with Crippen LogP contribution in [0.2, 0.25) is 0 Å². The number of carbonyl (C=O) groups excluding carboxylic acids is 2. The Hall–Kier alpha value is -1.40. The van der Waals surface area contributed by atoms with E-state index >= 15 is 0 Å². The lowest BCUT2D eigenvalue weighted by Crippen LogP contribution is -2.45. The molecule has 6 heteroatoms. The Morgan fingerprint density at radius 3 is 1.00 bits per heavy atom. The number of unbranched alkanes of at least 4 members (excludes halogenated alkanes) is 48. The number of rotatable bonds is 61. The molecule has 0 aliphatic heterocycles. The minimum absolute atomic E-state index is 0.00728. The number of hydrogen-bond acceptors (Lipinski definition) is 5. The molecule has 422 valence electrons. The van der Waals surface area contributed by atoms with Crippen molar-refractivity contribution in [2.24, 2.45) is 0 Å². The van der Waals surface area contributed by atoms with Gasteiger partial charge in [0, 0.05) is 12.8 Å². The third kappa shape index (κ3) is 57.7. The number of hydrogen-bond donors (Lipinski definition) is 3. The smallest absolute Gasteiger partial charge is 0.305 e. The number of ether oxygens (including phenoxy) is 1. The lowest BCUT2D eigenvalue weighted by molar-refractivity contribution is -0.143. The third-order valence-corrected chi connectivity index (χ3v) is 15.3. The monoisotopic (exact) mass is 1000 g/mol. The van der Waals surface area contributed by atoms with Gasteiger partial charge in [0.1, 0.15) is 0 Å². The highest BCUT2D eigenvalue weighted by Crippen LogP contribution is 2.18. The molecule has 6 nitrogen and oxygen atoms in total. The van der Waals surface area contributed by atoms with Crippen LogP contribution in [-0.4, -0.2) is 47.4 Å². The zero-order valence-electron chi connectivity index (χ0n) is 48.2. The average molecular weight is 1000 g/mol. The lowest BCUT2D eigenvalue weighted by atomic mass is 10.0. The van der Waals surface area contributed by atoms with Crippen molar-refractivity contribution in [2.75, 3.05) is 13.2 Å². The Morgan fingerprint density at radius 1 is 0.380 bits per heavy atom. The number of allylic oxidation sites excluding steroid dienone is 2. The van der Waals surface area contributed by atoms with Crippen molar-refractivity contribution in [3.8, 4) is 0 Å². The van der Waals surface area contributed by atoms with Gasteiger partial charge in [-0.2, -0.15) is 0 Å². The maximum absolute atomic E-state index is 12.5. The fourth-order valence-corrected chi connectivity index (χ4v) is 10.3. The predicted octanol–water partition coefficient (Wildman–Crippen LogP) is 20.4. The van der Waals surface area contributed by atoms with E-state index in [-0.39, 0.29) is 18.5 Å². The molecule has 0 radical (unpaired) electrons.